The molecule has 0 fully saturated rings. The van der Waals surface area contributed by atoms with E-state index in [1.54, 1.807) is 0 Å². The molecule has 0 aliphatic carbocycles. The van der Waals surface area contributed by atoms with Crippen LogP contribution in [-0.4, -0.2) is 6.21 Å². The molecule has 0 aliphatic heterocycles. The molecule has 0 spiro atoms. The molecule has 0 aliphatic rings. The third kappa shape index (κ3) is 2.62. The van der Waals surface area contributed by atoms with Gasteiger partial charge in [-0.25, -0.2) is 0 Å². The molecular formula is C19H17N. The van der Waals surface area contributed by atoms with E-state index in [1.807, 2.05) is 12.3 Å². The topological polar surface area (TPSA) is 12.4 Å². The second-order valence-electron chi connectivity index (χ2n) is 4.93. The van der Waals surface area contributed by atoms with E-state index in [9.17, 15) is 0 Å². The number of benzene rings is 3. The smallest absolute Gasteiger partial charge is 0.0721 e. The van der Waals surface area contributed by atoms with Crippen molar-refractivity contribution in [3.05, 3.63) is 83.9 Å². The lowest BCUT2D eigenvalue weighted by Crippen LogP contribution is -1.91. The standard InChI is InChI=1S/C19H17N/c1-15(16-8-3-2-4-9-16)20-14-18-12-7-11-17-10-5-6-13-19(17)18/h2-15H,1H3. The van der Waals surface area contributed by atoms with Crippen LogP contribution in [0.25, 0.3) is 10.8 Å². The summed E-state index contributed by atoms with van der Waals surface area (Å²) in [6.45, 7) is 2.12. The van der Waals surface area contributed by atoms with Crippen molar-refractivity contribution in [3.63, 3.8) is 0 Å². The van der Waals surface area contributed by atoms with Gasteiger partial charge in [0.25, 0.3) is 0 Å². The number of nitrogens with zero attached hydrogens (tertiary/aromatic N) is 1. The molecular weight excluding hydrogens is 242 g/mol. The third-order valence-corrected chi connectivity index (χ3v) is 3.54. The number of rotatable bonds is 3. The van der Waals surface area contributed by atoms with E-state index >= 15 is 0 Å². The van der Waals surface area contributed by atoms with Gasteiger partial charge in [0, 0.05) is 11.8 Å². The van der Waals surface area contributed by atoms with Crippen molar-refractivity contribution < 1.29 is 0 Å². The summed E-state index contributed by atoms with van der Waals surface area (Å²) in [5.41, 5.74) is 2.41. The largest absolute Gasteiger partial charge is 0.285 e. The molecule has 0 amide bonds. The Hall–Kier alpha value is -2.41. The van der Waals surface area contributed by atoms with Crippen LogP contribution in [0.4, 0.5) is 0 Å². The molecule has 3 rings (SSSR count). The number of hydrogen-bond acceptors (Lipinski definition) is 1. The molecule has 1 unspecified atom stereocenters. The van der Waals surface area contributed by atoms with Crippen molar-refractivity contribution >= 4 is 17.0 Å². The van der Waals surface area contributed by atoms with E-state index in [0.717, 1.165) is 0 Å². The summed E-state index contributed by atoms with van der Waals surface area (Å²) in [7, 11) is 0. The van der Waals surface area contributed by atoms with E-state index < -0.39 is 0 Å². The summed E-state index contributed by atoms with van der Waals surface area (Å²) < 4.78 is 0. The van der Waals surface area contributed by atoms with Crippen LogP contribution in [0.15, 0.2) is 77.8 Å². The first kappa shape index (κ1) is 12.6. The summed E-state index contributed by atoms with van der Waals surface area (Å²) in [6.07, 6.45) is 1.99. The van der Waals surface area contributed by atoms with Crippen LogP contribution >= 0.6 is 0 Å². The van der Waals surface area contributed by atoms with Crippen molar-refractivity contribution in [3.8, 4) is 0 Å². The van der Waals surface area contributed by atoms with Crippen LogP contribution < -0.4 is 0 Å². The zero-order valence-electron chi connectivity index (χ0n) is 11.5. The maximum absolute atomic E-state index is 4.69. The Balaban J connectivity index is 1.91. The monoisotopic (exact) mass is 259 g/mol. The minimum Gasteiger partial charge on any atom is -0.285 e. The van der Waals surface area contributed by atoms with Gasteiger partial charge in [0.2, 0.25) is 0 Å². The molecule has 0 bridgehead atoms. The van der Waals surface area contributed by atoms with Gasteiger partial charge < -0.3 is 0 Å². The zero-order chi connectivity index (χ0) is 13.8. The molecule has 0 saturated heterocycles. The second kappa shape index (κ2) is 5.70. The van der Waals surface area contributed by atoms with Gasteiger partial charge in [0.05, 0.1) is 6.04 Å². The highest BCUT2D eigenvalue weighted by atomic mass is 14.8. The average molecular weight is 259 g/mol. The van der Waals surface area contributed by atoms with Crippen molar-refractivity contribution in [1.82, 2.24) is 0 Å². The van der Waals surface area contributed by atoms with Gasteiger partial charge in [0.1, 0.15) is 0 Å². The Morgan fingerprint density at radius 2 is 1.50 bits per heavy atom. The lowest BCUT2D eigenvalue weighted by Gasteiger charge is -2.06. The van der Waals surface area contributed by atoms with Crippen LogP contribution in [0.1, 0.15) is 24.1 Å². The van der Waals surface area contributed by atoms with Gasteiger partial charge in [-0.1, -0.05) is 72.8 Å². The molecule has 0 saturated carbocycles. The van der Waals surface area contributed by atoms with E-state index in [2.05, 4.69) is 78.6 Å². The normalized spacial score (nSPS) is 12.8. The minimum atomic E-state index is 0.176. The summed E-state index contributed by atoms with van der Waals surface area (Å²) in [5.74, 6) is 0. The quantitative estimate of drug-likeness (QED) is 0.586. The fourth-order valence-corrected chi connectivity index (χ4v) is 2.37. The lowest BCUT2D eigenvalue weighted by atomic mass is 10.1. The van der Waals surface area contributed by atoms with Crippen LogP contribution in [0.5, 0.6) is 0 Å². The zero-order valence-corrected chi connectivity index (χ0v) is 11.5. The SMILES string of the molecule is CC(N=Cc1cccc2ccccc12)c1ccccc1. The Labute approximate surface area is 119 Å². The maximum atomic E-state index is 4.69. The van der Waals surface area contributed by atoms with Gasteiger partial charge in [-0.2, -0.15) is 0 Å². The third-order valence-electron chi connectivity index (χ3n) is 3.54. The highest BCUT2D eigenvalue weighted by Crippen LogP contribution is 2.19. The summed E-state index contributed by atoms with van der Waals surface area (Å²) in [6, 6.07) is 25.3. The molecule has 0 radical (unpaired) electrons. The molecule has 20 heavy (non-hydrogen) atoms. The first-order valence-electron chi connectivity index (χ1n) is 6.90. The van der Waals surface area contributed by atoms with E-state index in [0.29, 0.717) is 0 Å². The summed E-state index contributed by atoms with van der Waals surface area (Å²) in [5, 5.41) is 2.50. The molecule has 0 aromatic heterocycles. The molecule has 98 valence electrons. The van der Waals surface area contributed by atoms with Crippen molar-refractivity contribution in [2.45, 2.75) is 13.0 Å². The molecule has 0 N–H and O–H groups in total. The predicted octanol–water partition coefficient (Wildman–Crippen LogP) is 5.02. The first-order chi connectivity index (χ1) is 9.84. The van der Waals surface area contributed by atoms with Crippen LogP contribution in [-0.2, 0) is 0 Å². The summed E-state index contributed by atoms with van der Waals surface area (Å²) in [4.78, 5) is 4.69. The second-order valence-corrected chi connectivity index (χ2v) is 4.93. The minimum absolute atomic E-state index is 0.176. The fourth-order valence-electron chi connectivity index (χ4n) is 2.37. The van der Waals surface area contributed by atoms with Crippen LogP contribution in [0.2, 0.25) is 0 Å². The number of aliphatic imine (C=N–C) groups is 1. The van der Waals surface area contributed by atoms with Gasteiger partial charge in [-0.15, -0.1) is 0 Å². The molecule has 1 atom stereocenters. The molecule has 3 aromatic rings. The Bertz CT molecular complexity index is 724. The molecule has 1 heteroatoms. The first-order valence-corrected chi connectivity index (χ1v) is 6.90. The number of hydrogen-bond donors (Lipinski definition) is 0. The molecule has 1 nitrogen and oxygen atoms in total. The van der Waals surface area contributed by atoms with Crippen LogP contribution in [0, 0.1) is 0 Å². The highest BCUT2D eigenvalue weighted by Gasteiger charge is 2.02. The fraction of sp³-hybridized carbons (Fsp3) is 0.105. The highest BCUT2D eigenvalue weighted by molar-refractivity contribution is 5.99. The van der Waals surface area contributed by atoms with Crippen molar-refractivity contribution in [1.29, 1.82) is 0 Å². The van der Waals surface area contributed by atoms with Gasteiger partial charge in [0.15, 0.2) is 0 Å². The van der Waals surface area contributed by atoms with Gasteiger partial charge in [-0.05, 0) is 23.3 Å². The van der Waals surface area contributed by atoms with Crippen molar-refractivity contribution in [2.24, 2.45) is 4.99 Å². The van der Waals surface area contributed by atoms with Gasteiger partial charge >= 0.3 is 0 Å². The maximum Gasteiger partial charge on any atom is 0.0721 e. The average Bonchev–Trinajstić information content (AvgIpc) is 2.53. The Kier molecular flexibility index (Phi) is 3.60. The van der Waals surface area contributed by atoms with Gasteiger partial charge in [-0.3, -0.25) is 4.99 Å². The molecule has 3 aromatic carbocycles. The predicted molar refractivity (Wildman–Crippen MR) is 86.4 cm³/mol. The number of fused-ring (bicyclic) bond motifs is 1. The molecule has 0 heterocycles. The van der Waals surface area contributed by atoms with Crippen LogP contribution in [0.3, 0.4) is 0 Å². The van der Waals surface area contributed by atoms with Crippen molar-refractivity contribution in [2.75, 3.05) is 0 Å². The van der Waals surface area contributed by atoms with E-state index in [1.165, 1.54) is 21.9 Å². The van der Waals surface area contributed by atoms with E-state index in [4.69, 9.17) is 0 Å². The van der Waals surface area contributed by atoms with E-state index in [-0.39, 0.29) is 6.04 Å². The Morgan fingerprint density at radius 3 is 2.35 bits per heavy atom. The Morgan fingerprint density at radius 1 is 0.800 bits per heavy atom. The lowest BCUT2D eigenvalue weighted by molar-refractivity contribution is 0.825. The summed E-state index contributed by atoms with van der Waals surface area (Å²) >= 11 is 0.